The van der Waals surface area contributed by atoms with Gasteiger partial charge in [0.15, 0.2) is 0 Å². The fourth-order valence-corrected chi connectivity index (χ4v) is 2.83. The summed E-state index contributed by atoms with van der Waals surface area (Å²) >= 11 is 0. The molecule has 1 fully saturated rings. The molecule has 3 rings (SSSR count). The molecule has 0 saturated carbocycles. The summed E-state index contributed by atoms with van der Waals surface area (Å²) in [7, 11) is 0. The van der Waals surface area contributed by atoms with Crippen LogP contribution in [0.5, 0.6) is 5.75 Å². The van der Waals surface area contributed by atoms with E-state index in [1.807, 2.05) is 32.0 Å². The van der Waals surface area contributed by atoms with Gasteiger partial charge in [-0.1, -0.05) is 0 Å². The molecule has 3 heterocycles. The number of hydrogen-bond acceptors (Lipinski definition) is 6. The third kappa shape index (κ3) is 3.81. The molecule has 0 radical (unpaired) electrons. The molecule has 6 heteroatoms. The van der Waals surface area contributed by atoms with Crippen LogP contribution in [0.3, 0.4) is 0 Å². The number of rotatable bonds is 5. The van der Waals surface area contributed by atoms with Crippen LogP contribution in [0, 0.1) is 25.2 Å². The van der Waals surface area contributed by atoms with Gasteiger partial charge in [-0.2, -0.15) is 5.26 Å². The molecule has 1 saturated heterocycles. The van der Waals surface area contributed by atoms with Crippen molar-refractivity contribution < 1.29 is 4.74 Å². The fraction of sp³-hybridized carbons (Fsp3) is 0.389. The zero-order chi connectivity index (χ0) is 16.9. The van der Waals surface area contributed by atoms with Crippen molar-refractivity contribution in [2.45, 2.75) is 32.9 Å². The van der Waals surface area contributed by atoms with Crippen molar-refractivity contribution in [3.05, 3.63) is 46.9 Å². The Kier molecular flexibility index (Phi) is 4.92. The van der Waals surface area contributed by atoms with Gasteiger partial charge < -0.3 is 15.4 Å². The monoisotopic (exact) mass is 323 g/mol. The van der Waals surface area contributed by atoms with E-state index in [-0.39, 0.29) is 6.10 Å². The van der Waals surface area contributed by atoms with Gasteiger partial charge in [0.1, 0.15) is 23.7 Å². The van der Waals surface area contributed by atoms with Crippen LogP contribution in [0.15, 0.2) is 24.4 Å². The molecular weight excluding hydrogens is 302 g/mol. The van der Waals surface area contributed by atoms with Crippen molar-refractivity contribution in [2.24, 2.45) is 0 Å². The summed E-state index contributed by atoms with van der Waals surface area (Å²) < 4.78 is 5.95. The predicted octanol–water partition coefficient (Wildman–Crippen LogP) is 2.32. The minimum absolute atomic E-state index is 0.222. The third-order valence-corrected chi connectivity index (χ3v) is 4.00. The fourth-order valence-electron chi connectivity index (χ4n) is 2.83. The molecule has 0 spiro atoms. The summed E-state index contributed by atoms with van der Waals surface area (Å²) in [6, 6.07) is 7.92. The lowest BCUT2D eigenvalue weighted by molar-refractivity contribution is 0.222. The molecule has 124 valence electrons. The standard InChI is InChI=1S/C18H21N5O/c1-12-7-13(2)23-18(17(12)9-19)22-10-14-8-15(4-6-21-14)24-16-3-5-20-11-16/h4,6-8,16,20H,3,5,10-11H2,1-2H3,(H,22,23). The van der Waals surface area contributed by atoms with Crippen LogP contribution in [0.4, 0.5) is 5.82 Å². The molecular formula is C18H21N5O. The summed E-state index contributed by atoms with van der Waals surface area (Å²) in [4.78, 5) is 8.79. The molecule has 1 aliphatic heterocycles. The zero-order valence-electron chi connectivity index (χ0n) is 14.0. The second-order valence-electron chi connectivity index (χ2n) is 5.99. The Balaban J connectivity index is 1.70. The second kappa shape index (κ2) is 7.28. The second-order valence-corrected chi connectivity index (χ2v) is 5.99. The summed E-state index contributed by atoms with van der Waals surface area (Å²) in [5, 5.41) is 15.8. The Morgan fingerprint density at radius 2 is 2.29 bits per heavy atom. The number of ether oxygens (including phenoxy) is 1. The van der Waals surface area contributed by atoms with Gasteiger partial charge in [-0.05, 0) is 44.5 Å². The normalized spacial score (nSPS) is 16.6. The highest BCUT2D eigenvalue weighted by molar-refractivity contribution is 5.56. The van der Waals surface area contributed by atoms with Gasteiger partial charge >= 0.3 is 0 Å². The van der Waals surface area contributed by atoms with E-state index in [2.05, 4.69) is 26.7 Å². The van der Waals surface area contributed by atoms with E-state index in [0.717, 1.165) is 42.2 Å². The maximum Gasteiger partial charge on any atom is 0.144 e. The molecule has 0 aromatic carbocycles. The Bertz CT molecular complexity index is 762. The summed E-state index contributed by atoms with van der Waals surface area (Å²) in [5.74, 6) is 1.42. The van der Waals surface area contributed by atoms with E-state index in [0.29, 0.717) is 17.9 Å². The molecule has 6 nitrogen and oxygen atoms in total. The number of nitrogens with one attached hydrogen (secondary N) is 2. The van der Waals surface area contributed by atoms with Crippen molar-refractivity contribution >= 4 is 5.82 Å². The van der Waals surface area contributed by atoms with Crippen LogP contribution in [0.25, 0.3) is 0 Å². The first-order chi connectivity index (χ1) is 11.7. The third-order valence-electron chi connectivity index (χ3n) is 4.00. The van der Waals surface area contributed by atoms with Crippen LogP contribution in [-0.2, 0) is 6.54 Å². The topological polar surface area (TPSA) is 82.9 Å². The molecule has 1 aliphatic rings. The quantitative estimate of drug-likeness (QED) is 0.878. The minimum Gasteiger partial charge on any atom is -0.489 e. The summed E-state index contributed by atoms with van der Waals surface area (Å²) in [6.07, 6.45) is 2.99. The predicted molar refractivity (Wildman–Crippen MR) is 91.9 cm³/mol. The average molecular weight is 323 g/mol. The molecule has 0 aliphatic carbocycles. The Labute approximate surface area is 141 Å². The van der Waals surface area contributed by atoms with Gasteiger partial charge in [0.25, 0.3) is 0 Å². The molecule has 24 heavy (non-hydrogen) atoms. The van der Waals surface area contributed by atoms with Crippen molar-refractivity contribution in [3.8, 4) is 11.8 Å². The number of nitrogens with zero attached hydrogens (tertiary/aromatic N) is 3. The van der Waals surface area contributed by atoms with E-state index in [9.17, 15) is 5.26 Å². The van der Waals surface area contributed by atoms with E-state index >= 15 is 0 Å². The largest absolute Gasteiger partial charge is 0.489 e. The molecule has 1 unspecified atom stereocenters. The van der Waals surface area contributed by atoms with Gasteiger partial charge in [0, 0.05) is 24.5 Å². The van der Waals surface area contributed by atoms with Crippen LogP contribution < -0.4 is 15.4 Å². The highest BCUT2D eigenvalue weighted by Gasteiger charge is 2.16. The average Bonchev–Trinajstić information content (AvgIpc) is 3.06. The van der Waals surface area contributed by atoms with Gasteiger partial charge in [0.05, 0.1) is 17.8 Å². The van der Waals surface area contributed by atoms with Crippen molar-refractivity contribution in [2.75, 3.05) is 18.4 Å². The van der Waals surface area contributed by atoms with Gasteiger partial charge in [0.2, 0.25) is 0 Å². The maximum atomic E-state index is 9.32. The number of aromatic nitrogens is 2. The first-order valence-corrected chi connectivity index (χ1v) is 8.10. The zero-order valence-corrected chi connectivity index (χ0v) is 14.0. The first-order valence-electron chi connectivity index (χ1n) is 8.10. The Morgan fingerprint density at radius 3 is 3.04 bits per heavy atom. The van der Waals surface area contributed by atoms with Crippen molar-refractivity contribution in [1.29, 1.82) is 5.26 Å². The van der Waals surface area contributed by atoms with E-state index < -0.39 is 0 Å². The van der Waals surface area contributed by atoms with Crippen molar-refractivity contribution in [1.82, 2.24) is 15.3 Å². The maximum absolute atomic E-state index is 9.32. The molecule has 0 bridgehead atoms. The lowest BCUT2D eigenvalue weighted by Crippen LogP contribution is -2.19. The highest BCUT2D eigenvalue weighted by Crippen LogP contribution is 2.19. The van der Waals surface area contributed by atoms with Gasteiger partial charge in [-0.25, -0.2) is 4.98 Å². The number of nitriles is 1. The molecule has 0 amide bonds. The molecule has 2 aromatic heterocycles. The first kappa shape index (κ1) is 16.2. The van der Waals surface area contributed by atoms with E-state index in [4.69, 9.17) is 4.74 Å². The lowest BCUT2D eigenvalue weighted by atomic mass is 10.1. The molecule has 2 aromatic rings. The van der Waals surface area contributed by atoms with Crippen molar-refractivity contribution in [3.63, 3.8) is 0 Å². The highest BCUT2D eigenvalue weighted by atomic mass is 16.5. The Morgan fingerprint density at radius 1 is 1.42 bits per heavy atom. The molecule has 2 N–H and O–H groups in total. The van der Waals surface area contributed by atoms with E-state index in [1.54, 1.807) is 6.20 Å². The summed E-state index contributed by atoms with van der Waals surface area (Å²) in [6.45, 7) is 6.21. The molecule has 1 atom stereocenters. The number of aryl methyl sites for hydroxylation is 2. The SMILES string of the molecule is Cc1cc(C)c(C#N)c(NCc2cc(OC3CCNC3)ccn2)n1. The van der Waals surface area contributed by atoms with Crippen LogP contribution in [-0.4, -0.2) is 29.2 Å². The number of hydrogen-bond donors (Lipinski definition) is 2. The van der Waals surface area contributed by atoms with Gasteiger partial charge in [-0.3, -0.25) is 4.98 Å². The summed E-state index contributed by atoms with van der Waals surface area (Å²) in [5.41, 5.74) is 3.23. The van der Waals surface area contributed by atoms with Crippen LogP contribution >= 0.6 is 0 Å². The smallest absolute Gasteiger partial charge is 0.144 e. The Hall–Kier alpha value is -2.65. The number of anilines is 1. The lowest BCUT2D eigenvalue weighted by Gasteiger charge is -2.14. The minimum atomic E-state index is 0.222. The van der Waals surface area contributed by atoms with Gasteiger partial charge in [-0.15, -0.1) is 0 Å². The van der Waals surface area contributed by atoms with E-state index in [1.165, 1.54) is 0 Å². The number of pyridine rings is 2. The van der Waals surface area contributed by atoms with Crippen LogP contribution in [0.2, 0.25) is 0 Å². The van der Waals surface area contributed by atoms with Crippen LogP contribution in [0.1, 0.15) is 28.9 Å².